The molecule has 0 aliphatic heterocycles. The lowest BCUT2D eigenvalue weighted by molar-refractivity contribution is 0.0953. The van der Waals surface area contributed by atoms with Gasteiger partial charge in [-0.1, -0.05) is 0 Å². The Labute approximate surface area is 96.4 Å². The minimum absolute atomic E-state index is 0.284. The monoisotopic (exact) mass is 231 g/mol. The quantitative estimate of drug-likeness (QED) is 0.439. The lowest BCUT2D eigenvalue weighted by Crippen LogP contribution is -2.29. The van der Waals surface area contributed by atoms with Crippen LogP contribution in [0.15, 0.2) is 29.1 Å². The third-order valence-electron chi connectivity index (χ3n) is 2.19. The van der Waals surface area contributed by atoms with E-state index in [1.807, 2.05) is 11.5 Å². The highest BCUT2D eigenvalue weighted by Gasteiger charge is 2.10. The van der Waals surface area contributed by atoms with E-state index in [1.54, 1.807) is 16.8 Å². The average molecular weight is 231 g/mol. The fourth-order valence-electron chi connectivity index (χ4n) is 1.38. The Morgan fingerprint density at radius 3 is 3.24 bits per heavy atom. The van der Waals surface area contributed by atoms with Crippen LogP contribution in [0.5, 0.6) is 0 Å². The molecule has 2 aromatic heterocycles. The Bertz CT molecular complexity index is 578. The number of hydrogen-bond donors (Lipinski definition) is 2. The summed E-state index contributed by atoms with van der Waals surface area (Å²) in [6, 6.07) is 3.51. The van der Waals surface area contributed by atoms with Crippen molar-refractivity contribution >= 4 is 5.91 Å². The molecule has 0 aliphatic rings. The first-order chi connectivity index (χ1) is 8.24. The van der Waals surface area contributed by atoms with Gasteiger partial charge in [0.25, 0.3) is 5.91 Å². The molecule has 1 amide bonds. The molecule has 0 atom stereocenters. The number of carbonyl (C=O) groups is 1. The van der Waals surface area contributed by atoms with Crippen molar-refractivity contribution in [2.75, 3.05) is 0 Å². The molecule has 0 spiro atoms. The fraction of sp³-hybridized carbons (Fsp3) is 0.100. The standard InChI is InChI=1S/C10H9N5O2/c11-4-9-13-1-2-15(9)5-8-3-7(6-17-8)10(16)14-12/h1-3,6H,5,12H2,(H,14,16). The number of rotatable bonds is 3. The van der Waals surface area contributed by atoms with Gasteiger partial charge in [-0.2, -0.15) is 5.26 Å². The van der Waals surface area contributed by atoms with Crippen molar-refractivity contribution in [3.05, 3.63) is 41.9 Å². The van der Waals surface area contributed by atoms with Crippen LogP contribution < -0.4 is 11.3 Å². The molecule has 0 unspecified atom stereocenters. The van der Waals surface area contributed by atoms with Crippen molar-refractivity contribution in [1.82, 2.24) is 15.0 Å². The third kappa shape index (κ3) is 2.16. The van der Waals surface area contributed by atoms with Gasteiger partial charge in [-0.05, 0) is 6.07 Å². The molecule has 17 heavy (non-hydrogen) atoms. The van der Waals surface area contributed by atoms with Crippen molar-refractivity contribution in [2.45, 2.75) is 6.54 Å². The molecule has 2 aromatic rings. The van der Waals surface area contributed by atoms with E-state index in [0.717, 1.165) is 0 Å². The minimum Gasteiger partial charge on any atom is -0.467 e. The van der Waals surface area contributed by atoms with Crippen LogP contribution in [0.3, 0.4) is 0 Å². The Kier molecular flexibility index (Phi) is 2.89. The summed E-state index contributed by atoms with van der Waals surface area (Å²) in [5, 5.41) is 8.77. The molecule has 0 radical (unpaired) electrons. The first-order valence-electron chi connectivity index (χ1n) is 4.74. The number of nitrogens with one attached hydrogen (secondary N) is 1. The molecule has 3 N–H and O–H groups in total. The number of carbonyl (C=O) groups excluding carboxylic acids is 1. The van der Waals surface area contributed by atoms with Crippen LogP contribution in [0.2, 0.25) is 0 Å². The SMILES string of the molecule is N#Cc1nccn1Cc1cc(C(=O)NN)co1. The van der Waals surface area contributed by atoms with Crippen LogP contribution in [-0.4, -0.2) is 15.5 Å². The van der Waals surface area contributed by atoms with Crippen molar-refractivity contribution in [1.29, 1.82) is 5.26 Å². The molecule has 7 heteroatoms. The summed E-state index contributed by atoms with van der Waals surface area (Å²) < 4.78 is 6.80. The predicted octanol–water partition coefficient (Wildman–Crippen LogP) is -0.000420. The molecule has 0 aromatic carbocycles. The number of nitrogens with zero attached hydrogens (tertiary/aromatic N) is 3. The number of nitrogens with two attached hydrogens (primary N) is 1. The van der Waals surface area contributed by atoms with Gasteiger partial charge < -0.3 is 8.98 Å². The number of hydrazine groups is 1. The highest BCUT2D eigenvalue weighted by molar-refractivity contribution is 5.93. The zero-order chi connectivity index (χ0) is 12.3. The highest BCUT2D eigenvalue weighted by Crippen LogP contribution is 2.10. The zero-order valence-corrected chi connectivity index (χ0v) is 8.75. The van der Waals surface area contributed by atoms with E-state index >= 15 is 0 Å². The molecule has 2 rings (SSSR count). The average Bonchev–Trinajstić information content (AvgIpc) is 2.97. The fourth-order valence-corrected chi connectivity index (χ4v) is 1.38. The molecule has 0 saturated heterocycles. The van der Waals surface area contributed by atoms with E-state index < -0.39 is 5.91 Å². The highest BCUT2D eigenvalue weighted by atomic mass is 16.3. The molecule has 0 saturated carbocycles. The van der Waals surface area contributed by atoms with Gasteiger partial charge in [0.1, 0.15) is 18.1 Å². The van der Waals surface area contributed by atoms with Gasteiger partial charge in [0.2, 0.25) is 5.82 Å². The van der Waals surface area contributed by atoms with Crippen molar-refractivity contribution in [3.8, 4) is 6.07 Å². The van der Waals surface area contributed by atoms with E-state index in [9.17, 15) is 4.79 Å². The van der Waals surface area contributed by atoms with Crippen molar-refractivity contribution < 1.29 is 9.21 Å². The number of nitrogen functional groups attached to an aromatic ring is 1. The summed E-state index contributed by atoms with van der Waals surface area (Å²) in [7, 11) is 0. The van der Waals surface area contributed by atoms with E-state index in [-0.39, 0.29) is 5.82 Å². The van der Waals surface area contributed by atoms with E-state index in [0.29, 0.717) is 17.9 Å². The smallest absolute Gasteiger partial charge is 0.268 e. The van der Waals surface area contributed by atoms with Gasteiger partial charge in [-0.3, -0.25) is 10.2 Å². The summed E-state index contributed by atoms with van der Waals surface area (Å²) in [5.41, 5.74) is 2.34. The number of nitriles is 1. The first-order valence-corrected chi connectivity index (χ1v) is 4.74. The Balaban J connectivity index is 2.18. The van der Waals surface area contributed by atoms with Crippen LogP contribution in [0, 0.1) is 11.3 Å². The third-order valence-corrected chi connectivity index (χ3v) is 2.19. The molecule has 7 nitrogen and oxygen atoms in total. The number of amides is 1. The number of imidazole rings is 1. The molecule has 0 aliphatic carbocycles. The zero-order valence-electron chi connectivity index (χ0n) is 8.75. The normalized spacial score (nSPS) is 9.88. The van der Waals surface area contributed by atoms with E-state index in [2.05, 4.69) is 4.98 Å². The molecule has 0 fully saturated rings. The van der Waals surface area contributed by atoms with Gasteiger partial charge in [0, 0.05) is 12.4 Å². The maximum Gasteiger partial charge on any atom is 0.268 e. The number of furan rings is 1. The van der Waals surface area contributed by atoms with E-state index in [4.69, 9.17) is 15.5 Å². The topological polar surface area (TPSA) is 110 Å². The van der Waals surface area contributed by atoms with Crippen LogP contribution in [0.1, 0.15) is 21.9 Å². The Hall–Kier alpha value is -2.59. The first kappa shape index (κ1) is 10.9. The van der Waals surface area contributed by atoms with Crippen molar-refractivity contribution in [3.63, 3.8) is 0 Å². The Morgan fingerprint density at radius 1 is 1.71 bits per heavy atom. The van der Waals surface area contributed by atoms with Gasteiger partial charge in [-0.25, -0.2) is 10.8 Å². The molecular weight excluding hydrogens is 222 g/mol. The number of aromatic nitrogens is 2. The summed E-state index contributed by atoms with van der Waals surface area (Å²) in [6.07, 6.45) is 4.49. The summed E-state index contributed by atoms with van der Waals surface area (Å²) in [4.78, 5) is 15.0. The van der Waals surface area contributed by atoms with Gasteiger partial charge in [-0.15, -0.1) is 0 Å². The summed E-state index contributed by atoms with van der Waals surface area (Å²) in [5.74, 6) is 5.39. The van der Waals surface area contributed by atoms with Crippen LogP contribution in [-0.2, 0) is 6.54 Å². The van der Waals surface area contributed by atoms with Crippen LogP contribution >= 0.6 is 0 Å². The predicted molar refractivity (Wildman–Crippen MR) is 56.4 cm³/mol. The summed E-state index contributed by atoms with van der Waals surface area (Å²) in [6.45, 7) is 0.334. The maximum absolute atomic E-state index is 11.2. The number of hydrogen-bond acceptors (Lipinski definition) is 5. The largest absolute Gasteiger partial charge is 0.467 e. The maximum atomic E-state index is 11.2. The molecule has 2 heterocycles. The van der Waals surface area contributed by atoms with Crippen LogP contribution in [0.4, 0.5) is 0 Å². The second-order valence-corrected chi connectivity index (χ2v) is 3.27. The van der Waals surface area contributed by atoms with Gasteiger partial charge in [0.05, 0.1) is 12.1 Å². The minimum atomic E-state index is -0.425. The molecule has 86 valence electrons. The lowest BCUT2D eigenvalue weighted by atomic mass is 10.3. The van der Waals surface area contributed by atoms with Gasteiger partial charge in [0.15, 0.2) is 0 Å². The second-order valence-electron chi connectivity index (χ2n) is 3.27. The van der Waals surface area contributed by atoms with Gasteiger partial charge >= 0.3 is 0 Å². The van der Waals surface area contributed by atoms with Crippen molar-refractivity contribution in [2.24, 2.45) is 5.84 Å². The second kappa shape index (κ2) is 4.51. The lowest BCUT2D eigenvalue weighted by Gasteiger charge is -1.98. The molecule has 0 bridgehead atoms. The van der Waals surface area contributed by atoms with Crippen LogP contribution in [0.25, 0.3) is 0 Å². The summed E-state index contributed by atoms with van der Waals surface area (Å²) >= 11 is 0. The Morgan fingerprint density at radius 2 is 2.53 bits per heavy atom. The van der Waals surface area contributed by atoms with E-state index in [1.165, 1.54) is 12.5 Å². The molecular formula is C10H9N5O2.